The summed E-state index contributed by atoms with van der Waals surface area (Å²) in [5.41, 5.74) is 4.92. The van der Waals surface area contributed by atoms with Crippen molar-refractivity contribution in [3.63, 3.8) is 0 Å². The van der Waals surface area contributed by atoms with Gasteiger partial charge in [-0.15, -0.1) is 10.3 Å². The zero-order valence-electron chi connectivity index (χ0n) is 21.8. The normalized spacial score (nSPS) is 15.9. The van der Waals surface area contributed by atoms with Crippen LogP contribution in [0.3, 0.4) is 0 Å². The Morgan fingerprint density at radius 3 is 2.50 bits per heavy atom. The van der Waals surface area contributed by atoms with E-state index in [2.05, 4.69) is 39.4 Å². The van der Waals surface area contributed by atoms with Gasteiger partial charge in [0.1, 0.15) is 12.3 Å². The van der Waals surface area contributed by atoms with Crippen molar-refractivity contribution in [3.05, 3.63) is 76.2 Å². The molecule has 196 valence electrons. The smallest absolute Gasteiger partial charge is 0.377 e. The van der Waals surface area contributed by atoms with Gasteiger partial charge in [0, 0.05) is 17.4 Å². The fourth-order valence-electron chi connectivity index (χ4n) is 4.17. The molecule has 0 amide bonds. The van der Waals surface area contributed by atoms with Gasteiger partial charge in [-0.05, 0) is 66.3 Å². The molecule has 0 unspecified atom stereocenters. The average Bonchev–Trinajstić information content (AvgIpc) is 3.15. The number of hydrogen-bond donors (Lipinski definition) is 0. The minimum Gasteiger partial charge on any atom is -0.377 e. The van der Waals surface area contributed by atoms with Crippen LogP contribution in [0.15, 0.2) is 42.6 Å². The van der Waals surface area contributed by atoms with Crippen LogP contribution in [0.25, 0.3) is 11.2 Å². The third kappa shape index (κ3) is 5.50. The van der Waals surface area contributed by atoms with Crippen LogP contribution < -0.4 is 0 Å². The van der Waals surface area contributed by atoms with E-state index in [4.69, 9.17) is 13.9 Å². The Hall–Kier alpha value is -2.29. The molecule has 4 rings (SSSR count). The molecule has 4 nitrogen and oxygen atoms in total. The summed E-state index contributed by atoms with van der Waals surface area (Å²) in [6.07, 6.45) is 5.15. The Morgan fingerprint density at radius 2 is 1.86 bits per heavy atom. The lowest BCUT2D eigenvalue weighted by atomic mass is 9.98. The number of imidazole rings is 1. The molecule has 0 spiro atoms. The molecule has 1 aromatic carbocycles. The summed E-state index contributed by atoms with van der Waals surface area (Å²) in [7, 11) is -1.40. The zero-order valence-corrected chi connectivity index (χ0v) is 22.6. The molecule has 0 aliphatic carbocycles. The van der Waals surface area contributed by atoms with Gasteiger partial charge in [-0.3, -0.25) is 0 Å². The van der Waals surface area contributed by atoms with Gasteiger partial charge in [0.2, 0.25) is 0 Å². The van der Waals surface area contributed by atoms with Gasteiger partial charge in [0.05, 0.1) is 30.2 Å². The fourth-order valence-corrected chi connectivity index (χ4v) is 4.93. The Kier molecular flexibility index (Phi) is 7.34. The third-order valence-electron chi connectivity index (χ3n) is 7.21. The zero-order chi connectivity index (χ0) is 26.3. The van der Waals surface area contributed by atoms with E-state index in [9.17, 15) is 13.2 Å². The molecule has 2 aromatic heterocycles. The molecule has 3 aromatic rings. The minimum absolute atomic E-state index is 0.0212. The van der Waals surface area contributed by atoms with Crippen molar-refractivity contribution in [1.29, 1.82) is 0 Å². The number of ether oxygens (including phenoxy) is 1. The predicted molar refractivity (Wildman–Crippen MR) is 142 cm³/mol. The van der Waals surface area contributed by atoms with Crippen LogP contribution in [0, 0.1) is 6.92 Å². The van der Waals surface area contributed by atoms with Crippen molar-refractivity contribution in [2.75, 3.05) is 25.7 Å². The monoisotopic (exact) mass is 520 g/mol. The fraction of sp³-hybridized carbons (Fsp3) is 0.464. The van der Waals surface area contributed by atoms with E-state index < -0.39 is 22.0 Å². The van der Waals surface area contributed by atoms with Crippen molar-refractivity contribution in [2.45, 2.75) is 58.1 Å². The lowest BCUT2D eigenvalue weighted by molar-refractivity contribution is -0.138. The number of rotatable bonds is 6. The Bertz CT molecular complexity index is 1290. The van der Waals surface area contributed by atoms with Gasteiger partial charge < -0.3 is 13.3 Å². The van der Waals surface area contributed by atoms with Crippen LogP contribution in [0.1, 0.15) is 60.8 Å². The van der Waals surface area contributed by atoms with Crippen LogP contribution in [0.2, 0.25) is 0 Å². The Balaban J connectivity index is 1.80. The van der Waals surface area contributed by atoms with Gasteiger partial charge in [-0.1, -0.05) is 39.0 Å². The minimum atomic E-state index is -4.39. The van der Waals surface area contributed by atoms with Crippen molar-refractivity contribution in [2.24, 2.45) is 0 Å². The molecule has 1 aliphatic rings. The SMILES string of the molecule is Cc1c(Cc2c(COS(C)(C)C(C)(C)C)nc3ccc(C4=CCOCC4)cn23)cccc1C(F)(F)F. The summed E-state index contributed by atoms with van der Waals surface area (Å²) < 4.78 is 54.7. The lowest BCUT2D eigenvalue weighted by Gasteiger charge is -2.43. The summed E-state index contributed by atoms with van der Waals surface area (Å²) in [6, 6.07) is 8.41. The second kappa shape index (κ2) is 9.88. The maximum atomic E-state index is 13.6. The first-order valence-electron chi connectivity index (χ1n) is 12.1. The number of fused-ring (bicyclic) bond motifs is 1. The van der Waals surface area contributed by atoms with Crippen molar-refractivity contribution in [3.8, 4) is 0 Å². The first kappa shape index (κ1) is 26.8. The molecule has 36 heavy (non-hydrogen) atoms. The van der Waals surface area contributed by atoms with Crippen LogP contribution in [-0.4, -0.2) is 39.9 Å². The lowest BCUT2D eigenvalue weighted by Crippen LogP contribution is -2.25. The average molecular weight is 521 g/mol. The molecule has 0 atom stereocenters. The number of halogens is 3. The van der Waals surface area contributed by atoms with E-state index in [0.29, 0.717) is 31.8 Å². The van der Waals surface area contributed by atoms with Gasteiger partial charge in [0.25, 0.3) is 0 Å². The molecule has 0 N–H and O–H groups in total. The summed E-state index contributed by atoms with van der Waals surface area (Å²) in [6.45, 7) is 9.58. The topological polar surface area (TPSA) is 35.8 Å². The van der Waals surface area contributed by atoms with Crippen LogP contribution in [-0.2, 0) is 28.1 Å². The molecule has 8 heteroatoms. The number of aromatic nitrogens is 2. The summed E-state index contributed by atoms with van der Waals surface area (Å²) in [4.78, 5) is 4.87. The van der Waals surface area contributed by atoms with E-state index in [1.807, 2.05) is 22.7 Å². The second-order valence-electron chi connectivity index (χ2n) is 10.6. The van der Waals surface area contributed by atoms with E-state index in [0.717, 1.165) is 35.1 Å². The molecule has 0 saturated heterocycles. The highest BCUT2D eigenvalue weighted by molar-refractivity contribution is 8.29. The Labute approximate surface area is 213 Å². The van der Waals surface area contributed by atoms with E-state index in [1.165, 1.54) is 11.6 Å². The Morgan fingerprint density at radius 1 is 1.11 bits per heavy atom. The third-order valence-corrected chi connectivity index (χ3v) is 10.9. The van der Waals surface area contributed by atoms with Crippen molar-refractivity contribution < 1.29 is 22.1 Å². The van der Waals surface area contributed by atoms with E-state index >= 15 is 0 Å². The van der Waals surface area contributed by atoms with E-state index in [-0.39, 0.29) is 10.3 Å². The second-order valence-corrected chi connectivity index (χ2v) is 14.5. The number of nitrogens with zero attached hydrogens (tertiary/aromatic N) is 2. The van der Waals surface area contributed by atoms with Crippen molar-refractivity contribution >= 4 is 21.5 Å². The molecular weight excluding hydrogens is 485 g/mol. The molecule has 1 aliphatic heterocycles. The number of hydrogen-bond acceptors (Lipinski definition) is 3. The summed E-state index contributed by atoms with van der Waals surface area (Å²) >= 11 is 0. The highest BCUT2D eigenvalue weighted by Crippen LogP contribution is 2.54. The van der Waals surface area contributed by atoms with Crippen LogP contribution >= 0.6 is 10.3 Å². The number of benzene rings is 1. The first-order valence-corrected chi connectivity index (χ1v) is 14.5. The molecule has 0 bridgehead atoms. The highest BCUT2D eigenvalue weighted by Gasteiger charge is 2.33. The predicted octanol–water partition coefficient (Wildman–Crippen LogP) is 7.35. The molecule has 3 heterocycles. The quantitative estimate of drug-likeness (QED) is 0.341. The van der Waals surface area contributed by atoms with Gasteiger partial charge in [0.15, 0.2) is 0 Å². The first-order chi connectivity index (χ1) is 16.8. The van der Waals surface area contributed by atoms with Gasteiger partial charge in [-0.2, -0.15) is 13.2 Å². The van der Waals surface area contributed by atoms with E-state index in [1.54, 1.807) is 13.0 Å². The molecule has 0 saturated carbocycles. The number of pyridine rings is 1. The standard InChI is InChI=1S/C28H35F3N2O2S/c1-19-21(8-7-9-23(19)28(29,30)31)16-25-24(18-35-36(5,6)27(2,3)4)32-26-11-10-22(17-33(25)26)20-12-14-34-15-13-20/h7-12,17H,13-16,18H2,1-6H3. The number of alkyl halides is 3. The van der Waals surface area contributed by atoms with Crippen LogP contribution in [0.5, 0.6) is 0 Å². The maximum Gasteiger partial charge on any atom is 0.416 e. The van der Waals surface area contributed by atoms with Gasteiger partial charge in [-0.25, -0.2) is 4.98 Å². The maximum absolute atomic E-state index is 13.6. The molecule has 0 fully saturated rings. The largest absolute Gasteiger partial charge is 0.416 e. The van der Waals surface area contributed by atoms with Crippen LogP contribution in [0.4, 0.5) is 13.2 Å². The summed E-state index contributed by atoms with van der Waals surface area (Å²) in [5.74, 6) is 0. The molecule has 0 radical (unpaired) electrons. The summed E-state index contributed by atoms with van der Waals surface area (Å²) in [5, 5.41) is 0. The van der Waals surface area contributed by atoms with Crippen molar-refractivity contribution in [1.82, 2.24) is 9.38 Å². The van der Waals surface area contributed by atoms with Gasteiger partial charge >= 0.3 is 6.18 Å². The molecular formula is C28H35F3N2O2S. The highest BCUT2D eigenvalue weighted by atomic mass is 32.3.